The van der Waals surface area contributed by atoms with Gasteiger partial charge in [-0.3, -0.25) is 9.79 Å². The SMILES string of the molecule is CN=C(NCCC(=O)NC(C)C)NCCC(c1ccccc1)c1ccccc1. The quantitative estimate of drug-likeness (QED) is 0.462. The molecule has 0 saturated carbocycles. The first-order valence-corrected chi connectivity index (χ1v) is 9.94. The largest absolute Gasteiger partial charge is 0.356 e. The maximum atomic E-state index is 11.7. The summed E-state index contributed by atoms with van der Waals surface area (Å²) in [5.74, 6) is 1.09. The van der Waals surface area contributed by atoms with Gasteiger partial charge < -0.3 is 16.0 Å². The van der Waals surface area contributed by atoms with E-state index in [0.29, 0.717) is 18.9 Å². The van der Waals surface area contributed by atoms with Gasteiger partial charge >= 0.3 is 0 Å². The zero-order valence-corrected chi connectivity index (χ0v) is 17.1. The minimum atomic E-state index is 0.0474. The van der Waals surface area contributed by atoms with Crippen molar-refractivity contribution in [1.29, 1.82) is 0 Å². The van der Waals surface area contributed by atoms with Crippen molar-refractivity contribution in [1.82, 2.24) is 16.0 Å². The van der Waals surface area contributed by atoms with Crippen LogP contribution in [0.3, 0.4) is 0 Å². The van der Waals surface area contributed by atoms with Crippen LogP contribution in [0.15, 0.2) is 65.7 Å². The van der Waals surface area contributed by atoms with Gasteiger partial charge in [-0.25, -0.2) is 0 Å². The molecule has 5 nitrogen and oxygen atoms in total. The first-order chi connectivity index (χ1) is 13.6. The molecule has 0 aliphatic carbocycles. The Balaban J connectivity index is 1.86. The monoisotopic (exact) mass is 380 g/mol. The predicted octanol–water partition coefficient (Wildman–Crippen LogP) is 3.29. The third-order valence-electron chi connectivity index (χ3n) is 4.45. The van der Waals surface area contributed by atoms with Crippen LogP contribution in [-0.2, 0) is 4.79 Å². The molecule has 0 aliphatic heterocycles. The number of carbonyl (C=O) groups excluding carboxylic acids is 1. The standard InChI is InChI=1S/C23H32N4O/c1-18(2)27-22(28)15-17-26-23(24-3)25-16-14-21(19-10-6-4-7-11-19)20-12-8-5-9-13-20/h4-13,18,21H,14-17H2,1-3H3,(H,27,28)(H2,24,25,26). The molecule has 3 N–H and O–H groups in total. The highest BCUT2D eigenvalue weighted by Gasteiger charge is 2.13. The number of guanidine groups is 1. The summed E-state index contributed by atoms with van der Waals surface area (Å²) in [6.07, 6.45) is 1.37. The van der Waals surface area contributed by atoms with Crippen molar-refractivity contribution in [2.45, 2.75) is 38.6 Å². The number of aliphatic imine (C=N–C) groups is 1. The number of amides is 1. The fraction of sp³-hybridized carbons (Fsp3) is 0.391. The molecule has 0 saturated heterocycles. The average molecular weight is 381 g/mol. The van der Waals surface area contributed by atoms with E-state index in [-0.39, 0.29) is 11.9 Å². The summed E-state index contributed by atoms with van der Waals surface area (Å²) in [4.78, 5) is 16.0. The highest BCUT2D eigenvalue weighted by atomic mass is 16.1. The number of hydrogen-bond acceptors (Lipinski definition) is 2. The minimum Gasteiger partial charge on any atom is -0.356 e. The normalized spacial score (nSPS) is 11.5. The average Bonchev–Trinajstić information content (AvgIpc) is 2.70. The molecule has 0 aromatic heterocycles. The van der Waals surface area contributed by atoms with Crippen molar-refractivity contribution in [3.63, 3.8) is 0 Å². The van der Waals surface area contributed by atoms with Crippen LogP contribution in [0.2, 0.25) is 0 Å². The van der Waals surface area contributed by atoms with Crippen molar-refractivity contribution < 1.29 is 4.79 Å². The molecule has 0 spiro atoms. The Labute approximate surface area is 168 Å². The second kappa shape index (κ2) is 11.8. The molecule has 0 bridgehead atoms. The van der Waals surface area contributed by atoms with Crippen molar-refractivity contribution in [3.8, 4) is 0 Å². The molecule has 150 valence electrons. The lowest BCUT2D eigenvalue weighted by atomic mass is 9.88. The fourth-order valence-electron chi connectivity index (χ4n) is 3.14. The number of benzene rings is 2. The first-order valence-electron chi connectivity index (χ1n) is 9.94. The van der Waals surface area contributed by atoms with Gasteiger partial charge in [-0.15, -0.1) is 0 Å². The first kappa shape index (κ1) is 21.5. The minimum absolute atomic E-state index is 0.0474. The van der Waals surface area contributed by atoms with Crippen LogP contribution in [0.5, 0.6) is 0 Å². The molecule has 0 unspecified atom stereocenters. The molecule has 2 aromatic carbocycles. The van der Waals surface area contributed by atoms with Crippen LogP contribution in [0.1, 0.15) is 43.7 Å². The molecule has 1 amide bonds. The topological polar surface area (TPSA) is 65.5 Å². The Morgan fingerprint density at radius 1 is 0.893 bits per heavy atom. The van der Waals surface area contributed by atoms with E-state index in [9.17, 15) is 4.79 Å². The summed E-state index contributed by atoms with van der Waals surface area (Å²) in [6.45, 7) is 5.26. The number of nitrogens with one attached hydrogen (secondary N) is 3. The summed E-state index contributed by atoms with van der Waals surface area (Å²) in [5, 5.41) is 9.46. The molecule has 2 aromatic rings. The van der Waals surface area contributed by atoms with Gasteiger partial charge in [0.2, 0.25) is 5.91 Å². The van der Waals surface area contributed by atoms with Gasteiger partial charge in [-0.05, 0) is 31.4 Å². The zero-order chi connectivity index (χ0) is 20.2. The molecule has 0 radical (unpaired) electrons. The Bertz CT molecular complexity index is 689. The second-order valence-corrected chi connectivity index (χ2v) is 7.06. The molecule has 28 heavy (non-hydrogen) atoms. The van der Waals surface area contributed by atoms with E-state index in [0.717, 1.165) is 18.9 Å². The van der Waals surface area contributed by atoms with Gasteiger partial charge in [0, 0.05) is 38.5 Å². The highest BCUT2D eigenvalue weighted by molar-refractivity contribution is 5.81. The molecular formula is C23H32N4O. The third-order valence-corrected chi connectivity index (χ3v) is 4.45. The fourth-order valence-corrected chi connectivity index (χ4v) is 3.14. The lowest BCUT2D eigenvalue weighted by molar-refractivity contribution is -0.121. The third kappa shape index (κ3) is 7.43. The second-order valence-electron chi connectivity index (χ2n) is 7.06. The van der Waals surface area contributed by atoms with Crippen molar-refractivity contribution in [3.05, 3.63) is 71.8 Å². The van der Waals surface area contributed by atoms with Crippen molar-refractivity contribution in [2.24, 2.45) is 4.99 Å². The Kier molecular flexibility index (Phi) is 9.05. The smallest absolute Gasteiger partial charge is 0.221 e. The van der Waals surface area contributed by atoms with Gasteiger partial charge in [-0.1, -0.05) is 60.7 Å². The lowest BCUT2D eigenvalue weighted by Crippen LogP contribution is -2.40. The van der Waals surface area contributed by atoms with Gasteiger partial charge in [0.1, 0.15) is 0 Å². The van der Waals surface area contributed by atoms with E-state index < -0.39 is 0 Å². The van der Waals surface area contributed by atoms with Crippen LogP contribution in [-0.4, -0.2) is 38.0 Å². The van der Waals surface area contributed by atoms with Crippen LogP contribution in [0, 0.1) is 0 Å². The van der Waals surface area contributed by atoms with E-state index >= 15 is 0 Å². The summed E-state index contributed by atoms with van der Waals surface area (Å²) in [7, 11) is 1.75. The molecule has 0 fully saturated rings. The van der Waals surface area contributed by atoms with Gasteiger partial charge in [0.25, 0.3) is 0 Å². The predicted molar refractivity (Wildman–Crippen MR) is 117 cm³/mol. The highest BCUT2D eigenvalue weighted by Crippen LogP contribution is 2.27. The van der Waals surface area contributed by atoms with Gasteiger partial charge in [0.05, 0.1) is 0 Å². The van der Waals surface area contributed by atoms with E-state index in [2.05, 4.69) is 69.5 Å². The number of nitrogens with zero attached hydrogens (tertiary/aromatic N) is 1. The van der Waals surface area contributed by atoms with Crippen molar-refractivity contribution in [2.75, 3.05) is 20.1 Å². The summed E-state index contributed by atoms with van der Waals surface area (Å²) < 4.78 is 0. The van der Waals surface area contributed by atoms with Crippen LogP contribution in [0.4, 0.5) is 0 Å². The molecule has 2 rings (SSSR count). The van der Waals surface area contributed by atoms with E-state index in [1.54, 1.807) is 7.05 Å². The molecule has 0 heterocycles. The summed E-state index contributed by atoms with van der Waals surface area (Å²) >= 11 is 0. The van der Waals surface area contributed by atoms with Crippen LogP contribution < -0.4 is 16.0 Å². The zero-order valence-electron chi connectivity index (χ0n) is 17.1. The Hall–Kier alpha value is -2.82. The number of carbonyl (C=O) groups is 1. The Morgan fingerprint density at radius 2 is 1.43 bits per heavy atom. The van der Waals surface area contributed by atoms with Gasteiger partial charge in [0.15, 0.2) is 5.96 Å². The maximum absolute atomic E-state index is 11.7. The van der Waals surface area contributed by atoms with Crippen molar-refractivity contribution >= 4 is 11.9 Å². The number of hydrogen-bond donors (Lipinski definition) is 3. The molecular weight excluding hydrogens is 348 g/mol. The molecule has 0 atom stereocenters. The van der Waals surface area contributed by atoms with Gasteiger partial charge in [-0.2, -0.15) is 0 Å². The summed E-state index contributed by atoms with van der Waals surface area (Å²) in [6, 6.07) is 21.3. The molecule has 0 aliphatic rings. The van der Waals surface area contributed by atoms with E-state index in [1.807, 2.05) is 26.0 Å². The Morgan fingerprint density at radius 3 is 1.93 bits per heavy atom. The number of rotatable bonds is 9. The van der Waals surface area contributed by atoms with Crippen LogP contribution in [0.25, 0.3) is 0 Å². The summed E-state index contributed by atoms with van der Waals surface area (Å²) in [5.41, 5.74) is 2.62. The van der Waals surface area contributed by atoms with Crippen LogP contribution >= 0.6 is 0 Å². The lowest BCUT2D eigenvalue weighted by Gasteiger charge is -2.19. The molecule has 5 heteroatoms. The van der Waals surface area contributed by atoms with E-state index in [1.165, 1.54) is 11.1 Å². The van der Waals surface area contributed by atoms with E-state index in [4.69, 9.17) is 0 Å². The maximum Gasteiger partial charge on any atom is 0.221 e.